The number of carbonyl (C=O) groups excluding carboxylic acids is 2. The van der Waals surface area contributed by atoms with Gasteiger partial charge in [0.15, 0.2) is 5.13 Å². The van der Waals surface area contributed by atoms with E-state index in [4.69, 9.17) is 0 Å². The summed E-state index contributed by atoms with van der Waals surface area (Å²) in [5, 5.41) is 9.85. The molecule has 0 aliphatic carbocycles. The molecule has 1 saturated heterocycles. The fourth-order valence-electron chi connectivity index (χ4n) is 3.80. The first-order chi connectivity index (χ1) is 14.0. The summed E-state index contributed by atoms with van der Waals surface area (Å²) < 4.78 is 1.80. The molecule has 4 rings (SSSR count). The Hall–Kier alpha value is -3.00. The number of rotatable bonds is 4. The van der Waals surface area contributed by atoms with Gasteiger partial charge >= 0.3 is 0 Å². The molecular formula is C21H23N5O2S. The lowest BCUT2D eigenvalue weighted by Crippen LogP contribution is -2.44. The van der Waals surface area contributed by atoms with Gasteiger partial charge in [-0.3, -0.25) is 9.59 Å². The summed E-state index contributed by atoms with van der Waals surface area (Å²) in [7, 11) is 0. The number of nitrogens with zero attached hydrogens (tertiary/aromatic N) is 4. The number of nitrogens with one attached hydrogen (secondary N) is 1. The normalized spacial score (nSPS) is 16.6. The van der Waals surface area contributed by atoms with Gasteiger partial charge in [-0.05, 0) is 38.8 Å². The van der Waals surface area contributed by atoms with Crippen molar-refractivity contribution in [2.24, 2.45) is 5.92 Å². The highest BCUT2D eigenvalue weighted by molar-refractivity contribution is 7.13. The average molecular weight is 410 g/mol. The maximum absolute atomic E-state index is 13.3. The van der Waals surface area contributed by atoms with E-state index in [0.29, 0.717) is 29.5 Å². The Kier molecular flexibility index (Phi) is 5.44. The topological polar surface area (TPSA) is 80.1 Å². The molecule has 29 heavy (non-hydrogen) atoms. The molecule has 0 bridgehead atoms. The van der Waals surface area contributed by atoms with Gasteiger partial charge in [-0.1, -0.05) is 18.2 Å². The Morgan fingerprint density at radius 3 is 2.72 bits per heavy atom. The molecule has 1 aromatic carbocycles. The van der Waals surface area contributed by atoms with Crippen molar-refractivity contribution in [1.82, 2.24) is 19.7 Å². The SMILES string of the molecule is Cc1nn(-c2ccccc2)c(C)c1C(=O)N1CCCC(C(=O)Nc2nccs2)C1. The molecule has 1 atom stereocenters. The Morgan fingerprint density at radius 2 is 2.00 bits per heavy atom. The summed E-state index contributed by atoms with van der Waals surface area (Å²) in [5.41, 5.74) is 3.06. The van der Waals surface area contributed by atoms with Crippen molar-refractivity contribution in [3.05, 3.63) is 58.9 Å². The van der Waals surface area contributed by atoms with E-state index in [2.05, 4.69) is 15.4 Å². The average Bonchev–Trinajstić information content (AvgIpc) is 3.35. The minimum absolute atomic E-state index is 0.0612. The van der Waals surface area contributed by atoms with Gasteiger partial charge in [0.1, 0.15) is 0 Å². The van der Waals surface area contributed by atoms with Gasteiger partial charge in [0, 0.05) is 24.7 Å². The summed E-state index contributed by atoms with van der Waals surface area (Å²) in [6.45, 7) is 4.83. The second kappa shape index (κ2) is 8.16. The Bertz CT molecular complexity index is 1010. The maximum Gasteiger partial charge on any atom is 0.257 e. The molecule has 3 aromatic rings. The maximum atomic E-state index is 13.3. The quantitative estimate of drug-likeness (QED) is 0.716. The number of hydrogen-bond donors (Lipinski definition) is 1. The molecule has 1 unspecified atom stereocenters. The van der Waals surface area contributed by atoms with E-state index in [1.54, 1.807) is 15.8 Å². The minimum atomic E-state index is -0.235. The number of likely N-dealkylation sites (tertiary alicyclic amines) is 1. The molecule has 7 nitrogen and oxygen atoms in total. The Morgan fingerprint density at radius 1 is 1.21 bits per heavy atom. The highest BCUT2D eigenvalue weighted by Crippen LogP contribution is 2.24. The van der Waals surface area contributed by atoms with Crippen LogP contribution in [-0.2, 0) is 4.79 Å². The van der Waals surface area contributed by atoms with Gasteiger partial charge in [0.05, 0.1) is 28.6 Å². The highest BCUT2D eigenvalue weighted by atomic mass is 32.1. The van der Waals surface area contributed by atoms with E-state index in [0.717, 1.165) is 24.2 Å². The number of amides is 2. The van der Waals surface area contributed by atoms with Gasteiger partial charge in [-0.15, -0.1) is 11.3 Å². The van der Waals surface area contributed by atoms with Crippen LogP contribution >= 0.6 is 11.3 Å². The van der Waals surface area contributed by atoms with Crippen molar-refractivity contribution in [2.75, 3.05) is 18.4 Å². The van der Waals surface area contributed by atoms with Gasteiger partial charge in [-0.2, -0.15) is 5.10 Å². The third kappa shape index (κ3) is 3.93. The largest absolute Gasteiger partial charge is 0.338 e. The van der Waals surface area contributed by atoms with Crippen molar-refractivity contribution in [1.29, 1.82) is 0 Å². The Balaban J connectivity index is 1.52. The summed E-state index contributed by atoms with van der Waals surface area (Å²) in [4.78, 5) is 31.8. The lowest BCUT2D eigenvalue weighted by Gasteiger charge is -2.32. The summed E-state index contributed by atoms with van der Waals surface area (Å²) in [6.07, 6.45) is 3.22. The van der Waals surface area contributed by atoms with Crippen LogP contribution in [0.3, 0.4) is 0 Å². The molecule has 1 fully saturated rings. The lowest BCUT2D eigenvalue weighted by molar-refractivity contribution is -0.121. The monoisotopic (exact) mass is 409 g/mol. The van der Waals surface area contributed by atoms with E-state index in [1.165, 1.54) is 11.3 Å². The van der Waals surface area contributed by atoms with E-state index in [1.807, 2.05) is 49.6 Å². The zero-order valence-corrected chi connectivity index (χ0v) is 17.3. The number of aryl methyl sites for hydroxylation is 1. The molecular weight excluding hydrogens is 386 g/mol. The fraction of sp³-hybridized carbons (Fsp3) is 0.333. The number of anilines is 1. The van der Waals surface area contributed by atoms with Crippen LogP contribution in [-0.4, -0.2) is 44.6 Å². The standard InChI is InChI=1S/C21H23N5O2S/c1-14-18(15(2)26(24-14)17-8-4-3-5-9-17)20(28)25-11-6-7-16(13-25)19(27)23-21-22-10-12-29-21/h3-5,8-10,12,16H,6-7,11,13H2,1-2H3,(H,22,23,27). The van der Waals surface area contributed by atoms with Crippen LogP contribution in [0.5, 0.6) is 0 Å². The van der Waals surface area contributed by atoms with E-state index in [-0.39, 0.29) is 17.7 Å². The third-order valence-corrected chi connectivity index (χ3v) is 5.94. The number of para-hydroxylation sites is 1. The molecule has 2 aromatic heterocycles. The summed E-state index contributed by atoms with van der Waals surface area (Å²) >= 11 is 1.39. The van der Waals surface area contributed by atoms with Crippen LogP contribution in [0.25, 0.3) is 5.69 Å². The van der Waals surface area contributed by atoms with Crippen LogP contribution in [0.15, 0.2) is 41.9 Å². The van der Waals surface area contributed by atoms with Crippen LogP contribution in [0.2, 0.25) is 0 Å². The molecule has 3 heterocycles. The first kappa shape index (κ1) is 19.3. The number of aromatic nitrogens is 3. The van der Waals surface area contributed by atoms with Gasteiger partial charge in [0.25, 0.3) is 5.91 Å². The van der Waals surface area contributed by atoms with Crippen molar-refractivity contribution < 1.29 is 9.59 Å². The van der Waals surface area contributed by atoms with Crippen molar-refractivity contribution in [3.63, 3.8) is 0 Å². The summed E-state index contributed by atoms with van der Waals surface area (Å²) in [5.74, 6) is -0.374. The predicted octanol–water partition coefficient (Wildman–Crippen LogP) is 3.44. The second-order valence-electron chi connectivity index (χ2n) is 7.21. The zero-order valence-electron chi connectivity index (χ0n) is 16.5. The van der Waals surface area contributed by atoms with E-state index >= 15 is 0 Å². The molecule has 1 N–H and O–H groups in total. The van der Waals surface area contributed by atoms with Crippen molar-refractivity contribution in [3.8, 4) is 5.69 Å². The summed E-state index contributed by atoms with van der Waals surface area (Å²) in [6, 6.07) is 9.78. The van der Waals surface area contributed by atoms with Crippen LogP contribution in [0, 0.1) is 19.8 Å². The fourth-order valence-corrected chi connectivity index (χ4v) is 4.33. The molecule has 0 radical (unpaired) electrons. The molecule has 2 amide bonds. The molecule has 1 aliphatic heterocycles. The Labute approximate surface area is 173 Å². The zero-order chi connectivity index (χ0) is 20.4. The number of benzene rings is 1. The molecule has 8 heteroatoms. The van der Waals surface area contributed by atoms with Gasteiger partial charge in [0.2, 0.25) is 5.91 Å². The van der Waals surface area contributed by atoms with Crippen LogP contribution < -0.4 is 5.32 Å². The number of thiazole rings is 1. The van der Waals surface area contributed by atoms with Crippen molar-refractivity contribution >= 4 is 28.3 Å². The minimum Gasteiger partial charge on any atom is -0.338 e. The second-order valence-corrected chi connectivity index (χ2v) is 8.10. The lowest BCUT2D eigenvalue weighted by atomic mass is 9.96. The van der Waals surface area contributed by atoms with Gasteiger partial charge < -0.3 is 10.2 Å². The van der Waals surface area contributed by atoms with E-state index < -0.39 is 0 Å². The first-order valence-electron chi connectivity index (χ1n) is 9.66. The number of piperidine rings is 1. The first-order valence-corrected chi connectivity index (χ1v) is 10.5. The number of carbonyl (C=O) groups is 2. The molecule has 0 spiro atoms. The molecule has 1 aliphatic rings. The van der Waals surface area contributed by atoms with E-state index in [9.17, 15) is 9.59 Å². The van der Waals surface area contributed by atoms with Crippen LogP contribution in [0.4, 0.5) is 5.13 Å². The highest BCUT2D eigenvalue weighted by Gasteiger charge is 2.31. The van der Waals surface area contributed by atoms with Crippen molar-refractivity contribution in [2.45, 2.75) is 26.7 Å². The predicted molar refractivity (Wildman–Crippen MR) is 112 cm³/mol. The molecule has 150 valence electrons. The molecule has 0 saturated carbocycles. The van der Waals surface area contributed by atoms with Gasteiger partial charge in [-0.25, -0.2) is 9.67 Å². The smallest absolute Gasteiger partial charge is 0.257 e. The third-order valence-electron chi connectivity index (χ3n) is 5.25. The number of hydrogen-bond acceptors (Lipinski definition) is 5. The van der Waals surface area contributed by atoms with Crippen LogP contribution in [0.1, 0.15) is 34.6 Å².